The molecule has 0 saturated carbocycles. The summed E-state index contributed by atoms with van der Waals surface area (Å²) in [5.74, 6) is 0.729. The normalized spacial score (nSPS) is 16.5. The Kier molecular flexibility index (Phi) is 4.18. The van der Waals surface area contributed by atoms with Gasteiger partial charge in [0.25, 0.3) is 0 Å². The number of benzene rings is 2. The fraction of sp³-hybridized carbons (Fsp3) is 0.278. The van der Waals surface area contributed by atoms with E-state index < -0.39 is 0 Å². The number of nitrogens with zero attached hydrogens (tertiary/aromatic N) is 1. The lowest BCUT2D eigenvalue weighted by Gasteiger charge is -2.33. The van der Waals surface area contributed by atoms with E-state index in [9.17, 15) is 4.79 Å². The zero-order valence-corrected chi connectivity index (χ0v) is 14.1. The van der Waals surface area contributed by atoms with E-state index in [1.165, 1.54) is 0 Å². The molecule has 0 spiro atoms. The Hall–Kier alpha value is -2.20. The number of hydrogen-bond donors (Lipinski definition) is 1. The van der Waals surface area contributed by atoms with Crippen molar-refractivity contribution in [2.45, 2.75) is 26.9 Å². The third kappa shape index (κ3) is 3.13. The van der Waals surface area contributed by atoms with Crippen LogP contribution in [0.4, 0.5) is 16.2 Å². The number of aryl methyl sites for hydroxylation is 1. The Morgan fingerprint density at radius 2 is 2.09 bits per heavy atom. The lowest BCUT2D eigenvalue weighted by atomic mass is 10.1. The standard InChI is InChI=1S/C18H19ClN2O2/c1-11-7-8-17-16(9-11)21(10-12(2)23-17)18(22)20-15-6-4-5-14(19)13(15)3/h4-9,12H,10H2,1-3H3,(H,20,22)/t12-/m1/s1. The van der Waals surface area contributed by atoms with E-state index in [2.05, 4.69) is 5.32 Å². The average Bonchev–Trinajstić information content (AvgIpc) is 2.51. The maximum atomic E-state index is 12.8. The first-order valence-corrected chi connectivity index (χ1v) is 7.94. The van der Waals surface area contributed by atoms with Gasteiger partial charge in [-0.2, -0.15) is 0 Å². The predicted molar refractivity (Wildman–Crippen MR) is 93.8 cm³/mol. The fourth-order valence-corrected chi connectivity index (χ4v) is 2.84. The van der Waals surface area contributed by atoms with Crippen LogP contribution in [0.1, 0.15) is 18.1 Å². The lowest BCUT2D eigenvalue weighted by molar-refractivity contribution is 0.208. The first-order valence-electron chi connectivity index (χ1n) is 7.56. The molecular formula is C18H19ClN2O2. The fourth-order valence-electron chi connectivity index (χ4n) is 2.67. The summed E-state index contributed by atoms with van der Waals surface area (Å²) < 4.78 is 5.82. The largest absolute Gasteiger partial charge is 0.487 e. The minimum absolute atomic E-state index is 0.0589. The van der Waals surface area contributed by atoms with Crippen molar-refractivity contribution in [1.82, 2.24) is 0 Å². The highest BCUT2D eigenvalue weighted by molar-refractivity contribution is 6.31. The van der Waals surface area contributed by atoms with Crippen LogP contribution < -0.4 is 15.0 Å². The smallest absolute Gasteiger partial charge is 0.326 e. The van der Waals surface area contributed by atoms with Gasteiger partial charge in [0, 0.05) is 10.7 Å². The van der Waals surface area contributed by atoms with Gasteiger partial charge < -0.3 is 10.1 Å². The Morgan fingerprint density at radius 1 is 1.30 bits per heavy atom. The van der Waals surface area contributed by atoms with Gasteiger partial charge in [-0.15, -0.1) is 0 Å². The van der Waals surface area contributed by atoms with E-state index in [4.69, 9.17) is 16.3 Å². The Labute approximate surface area is 141 Å². The highest BCUT2D eigenvalue weighted by atomic mass is 35.5. The SMILES string of the molecule is Cc1ccc2c(c1)N(C(=O)Nc1cccc(Cl)c1C)C[C@@H](C)O2. The molecule has 1 atom stereocenters. The van der Waals surface area contributed by atoms with E-state index in [1.807, 2.05) is 57.2 Å². The molecule has 23 heavy (non-hydrogen) atoms. The van der Waals surface area contributed by atoms with Crippen molar-refractivity contribution in [3.8, 4) is 5.75 Å². The number of amides is 2. The highest BCUT2D eigenvalue weighted by Gasteiger charge is 2.28. The summed E-state index contributed by atoms with van der Waals surface area (Å²) >= 11 is 6.12. The third-order valence-corrected chi connectivity index (χ3v) is 4.34. The molecular weight excluding hydrogens is 312 g/mol. The molecule has 0 bridgehead atoms. The summed E-state index contributed by atoms with van der Waals surface area (Å²) in [4.78, 5) is 14.5. The van der Waals surface area contributed by atoms with E-state index in [0.717, 1.165) is 28.3 Å². The molecule has 1 aliphatic heterocycles. The number of carbonyl (C=O) groups is 1. The van der Waals surface area contributed by atoms with Crippen molar-refractivity contribution >= 4 is 29.0 Å². The first-order chi connectivity index (χ1) is 11.0. The van der Waals surface area contributed by atoms with Crippen molar-refractivity contribution in [1.29, 1.82) is 0 Å². The third-order valence-electron chi connectivity index (χ3n) is 3.93. The van der Waals surface area contributed by atoms with E-state index >= 15 is 0 Å². The number of nitrogens with one attached hydrogen (secondary N) is 1. The van der Waals surface area contributed by atoms with Crippen molar-refractivity contribution in [2.24, 2.45) is 0 Å². The van der Waals surface area contributed by atoms with Crippen LogP contribution in [0, 0.1) is 13.8 Å². The van der Waals surface area contributed by atoms with Crippen LogP contribution in [0.25, 0.3) is 0 Å². The maximum absolute atomic E-state index is 12.8. The zero-order valence-electron chi connectivity index (χ0n) is 13.4. The van der Waals surface area contributed by atoms with Crippen LogP contribution in [0.5, 0.6) is 5.75 Å². The number of rotatable bonds is 1. The molecule has 2 aromatic carbocycles. The van der Waals surface area contributed by atoms with E-state index in [0.29, 0.717) is 11.6 Å². The maximum Gasteiger partial charge on any atom is 0.326 e. The molecule has 0 saturated heterocycles. The molecule has 1 N–H and O–H groups in total. The van der Waals surface area contributed by atoms with E-state index in [-0.39, 0.29) is 12.1 Å². The van der Waals surface area contributed by atoms with Gasteiger partial charge in [0.1, 0.15) is 11.9 Å². The zero-order chi connectivity index (χ0) is 16.6. The summed E-state index contributed by atoms with van der Waals surface area (Å²) in [5.41, 5.74) is 3.45. The molecule has 5 heteroatoms. The second kappa shape index (κ2) is 6.13. The molecule has 2 aromatic rings. The second-order valence-corrected chi connectivity index (χ2v) is 6.26. The lowest BCUT2D eigenvalue weighted by Crippen LogP contribution is -2.44. The van der Waals surface area contributed by atoms with Gasteiger partial charge in [0.15, 0.2) is 0 Å². The van der Waals surface area contributed by atoms with Crippen molar-refractivity contribution < 1.29 is 9.53 Å². The predicted octanol–water partition coefficient (Wildman–Crippen LogP) is 4.78. The minimum Gasteiger partial charge on any atom is -0.487 e. The molecule has 1 heterocycles. The number of hydrogen-bond acceptors (Lipinski definition) is 2. The first kappa shape index (κ1) is 15.7. The molecule has 0 fully saturated rings. The number of anilines is 2. The molecule has 4 nitrogen and oxygen atoms in total. The number of carbonyl (C=O) groups excluding carboxylic acids is 1. The minimum atomic E-state index is -0.183. The number of ether oxygens (including phenoxy) is 1. The number of fused-ring (bicyclic) bond motifs is 1. The van der Waals surface area contributed by atoms with Gasteiger partial charge in [-0.05, 0) is 56.2 Å². The van der Waals surface area contributed by atoms with Crippen molar-refractivity contribution in [3.05, 3.63) is 52.5 Å². The van der Waals surface area contributed by atoms with Crippen molar-refractivity contribution in [3.63, 3.8) is 0 Å². The molecule has 1 aliphatic rings. The molecule has 0 unspecified atom stereocenters. The topological polar surface area (TPSA) is 41.6 Å². The Balaban J connectivity index is 1.91. The number of urea groups is 1. The molecule has 0 radical (unpaired) electrons. The summed E-state index contributed by atoms with van der Waals surface area (Å²) in [5, 5.41) is 3.58. The van der Waals surface area contributed by atoms with Crippen LogP contribution in [-0.4, -0.2) is 18.7 Å². The van der Waals surface area contributed by atoms with Crippen LogP contribution in [-0.2, 0) is 0 Å². The Bertz CT molecular complexity index is 761. The van der Waals surface area contributed by atoms with Gasteiger partial charge >= 0.3 is 6.03 Å². The van der Waals surface area contributed by atoms with Crippen LogP contribution in [0.3, 0.4) is 0 Å². The van der Waals surface area contributed by atoms with Gasteiger partial charge in [-0.1, -0.05) is 23.7 Å². The monoisotopic (exact) mass is 330 g/mol. The van der Waals surface area contributed by atoms with Gasteiger partial charge in [-0.25, -0.2) is 4.79 Å². The summed E-state index contributed by atoms with van der Waals surface area (Å²) in [7, 11) is 0. The molecule has 0 aliphatic carbocycles. The van der Waals surface area contributed by atoms with E-state index in [1.54, 1.807) is 4.90 Å². The second-order valence-electron chi connectivity index (χ2n) is 5.85. The van der Waals surface area contributed by atoms with Gasteiger partial charge in [0.05, 0.1) is 12.2 Å². The quantitative estimate of drug-likeness (QED) is 0.817. The van der Waals surface area contributed by atoms with Crippen molar-refractivity contribution in [2.75, 3.05) is 16.8 Å². The number of halogens is 1. The Morgan fingerprint density at radius 3 is 2.87 bits per heavy atom. The molecule has 3 rings (SSSR count). The molecule has 0 aromatic heterocycles. The summed E-state index contributed by atoms with van der Waals surface area (Å²) in [6.07, 6.45) is -0.0589. The van der Waals surface area contributed by atoms with Crippen LogP contribution in [0.2, 0.25) is 5.02 Å². The summed E-state index contributed by atoms with van der Waals surface area (Å²) in [6, 6.07) is 11.1. The van der Waals surface area contributed by atoms with Crippen LogP contribution >= 0.6 is 11.6 Å². The van der Waals surface area contributed by atoms with Gasteiger partial charge in [-0.3, -0.25) is 4.90 Å². The highest BCUT2D eigenvalue weighted by Crippen LogP contribution is 2.35. The van der Waals surface area contributed by atoms with Gasteiger partial charge in [0.2, 0.25) is 0 Å². The summed E-state index contributed by atoms with van der Waals surface area (Å²) in [6.45, 7) is 6.34. The average molecular weight is 331 g/mol. The van der Waals surface area contributed by atoms with Crippen LogP contribution in [0.15, 0.2) is 36.4 Å². The molecule has 2 amide bonds. The molecule has 120 valence electrons.